The van der Waals surface area contributed by atoms with Gasteiger partial charge in [0.1, 0.15) is 5.82 Å². The largest absolute Gasteiger partial charge is 0.334 e. The van der Waals surface area contributed by atoms with Crippen LogP contribution in [0.2, 0.25) is 0 Å². The van der Waals surface area contributed by atoms with E-state index in [2.05, 4.69) is 64.3 Å². The Labute approximate surface area is 139 Å². The summed E-state index contributed by atoms with van der Waals surface area (Å²) in [5, 5.41) is 4.67. The Morgan fingerprint density at radius 2 is 2.13 bits per heavy atom. The van der Waals surface area contributed by atoms with Gasteiger partial charge in [0.2, 0.25) is 0 Å². The molecule has 1 saturated heterocycles. The lowest BCUT2D eigenvalue weighted by molar-refractivity contribution is 0.130. The van der Waals surface area contributed by atoms with Crippen LogP contribution in [0.3, 0.4) is 0 Å². The van der Waals surface area contributed by atoms with Crippen LogP contribution in [0.1, 0.15) is 69.2 Å². The number of likely N-dealkylation sites (tertiary alicyclic amines) is 1. The van der Waals surface area contributed by atoms with E-state index in [0.29, 0.717) is 12.1 Å². The highest BCUT2D eigenvalue weighted by Gasteiger charge is 2.28. The number of aryl methyl sites for hydroxylation is 2. The molecule has 1 aliphatic heterocycles. The molecular weight excluding hydrogens is 286 g/mol. The van der Waals surface area contributed by atoms with Gasteiger partial charge in [-0.2, -0.15) is 5.10 Å². The van der Waals surface area contributed by atoms with Crippen molar-refractivity contribution in [3.05, 3.63) is 35.7 Å². The number of hydrogen-bond acceptors (Lipinski definition) is 3. The molecule has 23 heavy (non-hydrogen) atoms. The van der Waals surface area contributed by atoms with Crippen molar-refractivity contribution >= 4 is 0 Å². The average Bonchev–Trinajstić information content (AvgIpc) is 3.15. The van der Waals surface area contributed by atoms with Crippen LogP contribution in [-0.4, -0.2) is 30.8 Å². The molecule has 1 fully saturated rings. The molecule has 0 aromatic carbocycles. The summed E-state index contributed by atoms with van der Waals surface area (Å²) >= 11 is 0. The zero-order valence-electron chi connectivity index (χ0n) is 14.9. The number of nitrogens with zero attached hydrogens (tertiary/aromatic N) is 5. The van der Waals surface area contributed by atoms with Gasteiger partial charge in [-0.3, -0.25) is 9.58 Å². The number of aromatic nitrogens is 4. The van der Waals surface area contributed by atoms with Crippen LogP contribution in [0.25, 0.3) is 0 Å². The monoisotopic (exact) mass is 315 g/mol. The molecule has 2 aromatic heterocycles. The van der Waals surface area contributed by atoms with Crippen LogP contribution in [0.4, 0.5) is 0 Å². The molecule has 0 spiro atoms. The van der Waals surface area contributed by atoms with Crippen molar-refractivity contribution in [1.29, 1.82) is 0 Å². The van der Waals surface area contributed by atoms with E-state index < -0.39 is 0 Å². The van der Waals surface area contributed by atoms with Gasteiger partial charge in [-0.1, -0.05) is 6.42 Å². The second kappa shape index (κ2) is 6.87. The minimum Gasteiger partial charge on any atom is -0.334 e. The Morgan fingerprint density at radius 3 is 2.83 bits per heavy atom. The Balaban J connectivity index is 1.82. The summed E-state index contributed by atoms with van der Waals surface area (Å²) in [5.74, 6) is 1.22. The quantitative estimate of drug-likeness (QED) is 0.844. The number of hydrogen-bond donors (Lipinski definition) is 0. The molecule has 3 rings (SSSR count). The molecule has 3 heterocycles. The fourth-order valence-corrected chi connectivity index (χ4v) is 3.52. The molecule has 0 bridgehead atoms. The van der Waals surface area contributed by atoms with Gasteiger partial charge in [-0.15, -0.1) is 0 Å². The SMILES string of the molecule is CCn1ccnc1C1CCCCN1Cc1cn(C(C)C)nc1C. The zero-order chi connectivity index (χ0) is 16.4. The summed E-state index contributed by atoms with van der Waals surface area (Å²) in [4.78, 5) is 7.25. The van der Waals surface area contributed by atoms with E-state index in [-0.39, 0.29) is 0 Å². The van der Waals surface area contributed by atoms with Gasteiger partial charge in [-0.05, 0) is 47.1 Å². The van der Waals surface area contributed by atoms with Crippen molar-refractivity contribution in [2.75, 3.05) is 6.54 Å². The highest BCUT2D eigenvalue weighted by molar-refractivity contribution is 5.16. The lowest BCUT2D eigenvalue weighted by atomic mass is 10.0. The summed E-state index contributed by atoms with van der Waals surface area (Å²) in [6.07, 6.45) is 10.0. The number of imidazole rings is 1. The third-order valence-electron chi connectivity index (χ3n) is 4.92. The highest BCUT2D eigenvalue weighted by atomic mass is 15.3. The first-order chi connectivity index (χ1) is 11.1. The molecule has 0 saturated carbocycles. The second-order valence-corrected chi connectivity index (χ2v) is 6.87. The van der Waals surface area contributed by atoms with Crippen molar-refractivity contribution in [1.82, 2.24) is 24.2 Å². The molecule has 126 valence electrons. The van der Waals surface area contributed by atoms with Gasteiger partial charge in [0.15, 0.2) is 0 Å². The average molecular weight is 315 g/mol. The molecule has 0 radical (unpaired) electrons. The van der Waals surface area contributed by atoms with E-state index in [0.717, 1.165) is 25.3 Å². The summed E-state index contributed by atoms with van der Waals surface area (Å²) < 4.78 is 4.37. The highest BCUT2D eigenvalue weighted by Crippen LogP contribution is 2.31. The molecule has 1 atom stereocenters. The third-order valence-corrected chi connectivity index (χ3v) is 4.92. The normalized spacial score (nSPS) is 19.6. The van der Waals surface area contributed by atoms with Crippen molar-refractivity contribution in [2.24, 2.45) is 0 Å². The predicted octanol–water partition coefficient (Wildman–Crippen LogP) is 3.72. The summed E-state index contributed by atoms with van der Waals surface area (Å²) in [6, 6.07) is 0.846. The lowest BCUT2D eigenvalue weighted by Crippen LogP contribution is -2.34. The Morgan fingerprint density at radius 1 is 1.30 bits per heavy atom. The number of piperidine rings is 1. The van der Waals surface area contributed by atoms with E-state index in [1.165, 1.54) is 30.7 Å². The second-order valence-electron chi connectivity index (χ2n) is 6.87. The van der Waals surface area contributed by atoms with Gasteiger partial charge in [0.05, 0.1) is 11.7 Å². The molecule has 0 amide bonds. The van der Waals surface area contributed by atoms with Crippen LogP contribution in [-0.2, 0) is 13.1 Å². The van der Waals surface area contributed by atoms with Crippen LogP contribution >= 0.6 is 0 Å². The topological polar surface area (TPSA) is 38.9 Å². The first-order valence-electron chi connectivity index (χ1n) is 8.89. The molecule has 1 aliphatic rings. The van der Waals surface area contributed by atoms with Gasteiger partial charge >= 0.3 is 0 Å². The Bertz CT molecular complexity index is 640. The maximum Gasteiger partial charge on any atom is 0.126 e. The molecule has 1 unspecified atom stereocenters. The van der Waals surface area contributed by atoms with E-state index in [1.807, 2.05) is 6.20 Å². The number of rotatable bonds is 5. The summed E-state index contributed by atoms with van der Waals surface area (Å²) in [5.41, 5.74) is 2.50. The van der Waals surface area contributed by atoms with Crippen LogP contribution in [0.5, 0.6) is 0 Å². The van der Waals surface area contributed by atoms with E-state index >= 15 is 0 Å². The first kappa shape index (κ1) is 16.2. The lowest BCUT2D eigenvalue weighted by Gasteiger charge is -2.35. The molecule has 2 aromatic rings. The summed E-state index contributed by atoms with van der Waals surface area (Å²) in [6.45, 7) is 11.8. The van der Waals surface area contributed by atoms with Crippen LogP contribution in [0.15, 0.2) is 18.6 Å². The van der Waals surface area contributed by atoms with Crippen molar-refractivity contribution in [2.45, 2.75) is 72.1 Å². The minimum absolute atomic E-state index is 0.415. The zero-order valence-corrected chi connectivity index (χ0v) is 14.9. The van der Waals surface area contributed by atoms with E-state index in [1.54, 1.807) is 0 Å². The Kier molecular flexibility index (Phi) is 4.85. The van der Waals surface area contributed by atoms with Crippen LogP contribution in [0, 0.1) is 6.92 Å². The molecule has 0 N–H and O–H groups in total. The minimum atomic E-state index is 0.415. The maximum absolute atomic E-state index is 4.67. The van der Waals surface area contributed by atoms with Crippen molar-refractivity contribution in [3.63, 3.8) is 0 Å². The van der Waals surface area contributed by atoms with Crippen LogP contribution < -0.4 is 0 Å². The van der Waals surface area contributed by atoms with Gasteiger partial charge in [0, 0.05) is 43.3 Å². The fraction of sp³-hybridized carbons (Fsp3) is 0.667. The third kappa shape index (κ3) is 3.34. The van der Waals surface area contributed by atoms with E-state index in [9.17, 15) is 0 Å². The predicted molar refractivity (Wildman–Crippen MR) is 92.3 cm³/mol. The smallest absolute Gasteiger partial charge is 0.126 e. The molecule has 5 heteroatoms. The van der Waals surface area contributed by atoms with Gasteiger partial charge in [-0.25, -0.2) is 4.98 Å². The fourth-order valence-electron chi connectivity index (χ4n) is 3.52. The molecule has 0 aliphatic carbocycles. The maximum atomic E-state index is 4.67. The van der Waals surface area contributed by atoms with E-state index in [4.69, 9.17) is 0 Å². The molecular formula is C18H29N5. The molecule has 5 nitrogen and oxygen atoms in total. The van der Waals surface area contributed by atoms with Crippen molar-refractivity contribution < 1.29 is 0 Å². The van der Waals surface area contributed by atoms with Gasteiger partial charge in [0.25, 0.3) is 0 Å². The standard InChI is InChI=1S/C18H29N5/c1-5-21-11-9-19-18(21)17-8-6-7-10-22(17)12-16-13-23(14(2)3)20-15(16)4/h9,11,13-14,17H,5-8,10,12H2,1-4H3. The first-order valence-corrected chi connectivity index (χ1v) is 8.89. The van der Waals surface area contributed by atoms with Gasteiger partial charge < -0.3 is 4.57 Å². The summed E-state index contributed by atoms with van der Waals surface area (Å²) in [7, 11) is 0. The Hall–Kier alpha value is -1.62. The van der Waals surface area contributed by atoms with Crippen molar-refractivity contribution in [3.8, 4) is 0 Å².